The molecule has 2 aromatic carbocycles. The zero-order valence-corrected chi connectivity index (χ0v) is 15.8. The van der Waals surface area contributed by atoms with E-state index in [4.69, 9.17) is 4.74 Å². The molecule has 28 heavy (non-hydrogen) atoms. The number of benzene rings is 2. The largest absolute Gasteiger partial charge is 0.423 e. The van der Waals surface area contributed by atoms with E-state index in [0.29, 0.717) is 24.4 Å². The van der Waals surface area contributed by atoms with Gasteiger partial charge in [0.2, 0.25) is 5.91 Å². The Kier molecular flexibility index (Phi) is 5.58. The highest BCUT2D eigenvalue weighted by molar-refractivity contribution is 5.91. The van der Waals surface area contributed by atoms with E-state index in [1.54, 1.807) is 26.0 Å². The van der Waals surface area contributed by atoms with Crippen LogP contribution in [0, 0.1) is 17.0 Å². The van der Waals surface area contributed by atoms with Gasteiger partial charge in [0.15, 0.2) is 0 Å². The number of anilines is 1. The number of aryl methyl sites for hydroxylation is 1. The fourth-order valence-corrected chi connectivity index (χ4v) is 3.16. The summed E-state index contributed by atoms with van der Waals surface area (Å²) < 4.78 is 5.37. The van der Waals surface area contributed by atoms with Crippen molar-refractivity contribution in [2.24, 2.45) is 0 Å². The second-order valence-electron chi connectivity index (χ2n) is 6.63. The first-order chi connectivity index (χ1) is 13.3. The Morgan fingerprint density at radius 1 is 1.04 bits per heavy atom. The maximum absolute atomic E-state index is 12.3. The van der Waals surface area contributed by atoms with E-state index in [1.807, 2.05) is 17.0 Å². The van der Waals surface area contributed by atoms with Crippen molar-refractivity contribution in [3.05, 3.63) is 63.7 Å². The quantitative estimate of drug-likeness (QED) is 0.349. The van der Waals surface area contributed by atoms with Gasteiger partial charge in [0.05, 0.1) is 10.5 Å². The number of amides is 1. The predicted octanol–water partition coefficient (Wildman–Crippen LogP) is 2.79. The van der Waals surface area contributed by atoms with E-state index in [2.05, 4.69) is 4.90 Å². The number of nitro benzene ring substituents is 1. The van der Waals surface area contributed by atoms with Gasteiger partial charge < -0.3 is 14.5 Å². The molecular weight excluding hydrogens is 362 g/mol. The van der Waals surface area contributed by atoms with Crippen molar-refractivity contribution in [3.63, 3.8) is 0 Å². The van der Waals surface area contributed by atoms with Crippen molar-refractivity contribution in [1.29, 1.82) is 0 Å². The molecule has 0 atom stereocenters. The van der Waals surface area contributed by atoms with Gasteiger partial charge in [-0.15, -0.1) is 0 Å². The van der Waals surface area contributed by atoms with Crippen LogP contribution in [0.3, 0.4) is 0 Å². The molecule has 3 rings (SSSR count). The van der Waals surface area contributed by atoms with E-state index in [-0.39, 0.29) is 17.2 Å². The molecule has 0 bridgehead atoms. The van der Waals surface area contributed by atoms with Gasteiger partial charge in [-0.2, -0.15) is 0 Å². The minimum atomic E-state index is -0.569. The first-order valence-corrected chi connectivity index (χ1v) is 8.93. The van der Waals surface area contributed by atoms with Crippen LogP contribution in [-0.4, -0.2) is 47.9 Å². The normalized spacial score (nSPS) is 13.9. The van der Waals surface area contributed by atoms with Gasteiger partial charge >= 0.3 is 5.97 Å². The van der Waals surface area contributed by atoms with E-state index < -0.39 is 10.9 Å². The minimum absolute atomic E-state index is 0.0363. The number of carbonyl (C=O) groups excluding carboxylic acids is 2. The summed E-state index contributed by atoms with van der Waals surface area (Å²) in [5.74, 6) is -0.0867. The van der Waals surface area contributed by atoms with Crippen molar-refractivity contribution in [2.45, 2.75) is 13.8 Å². The fraction of sp³-hybridized carbons (Fsp3) is 0.300. The molecule has 146 valence electrons. The third-order valence-corrected chi connectivity index (χ3v) is 4.77. The molecule has 0 unspecified atom stereocenters. The summed E-state index contributed by atoms with van der Waals surface area (Å²) in [7, 11) is 0. The SMILES string of the molecule is CC(=O)N1CCN(c2ccc(OC(=O)c3ccc([N+](=O)[O-])c(C)c3)cc2)CC1. The molecule has 0 N–H and O–H groups in total. The Labute approximate surface area is 162 Å². The molecule has 1 saturated heterocycles. The first kappa shape index (κ1) is 19.3. The lowest BCUT2D eigenvalue weighted by Gasteiger charge is -2.35. The molecule has 1 aliphatic heterocycles. The van der Waals surface area contributed by atoms with Crippen LogP contribution in [0.25, 0.3) is 0 Å². The lowest BCUT2D eigenvalue weighted by atomic mass is 10.1. The molecule has 0 spiro atoms. The first-order valence-electron chi connectivity index (χ1n) is 8.93. The monoisotopic (exact) mass is 383 g/mol. The van der Waals surface area contributed by atoms with E-state index in [0.717, 1.165) is 18.8 Å². The number of hydrogen-bond donors (Lipinski definition) is 0. The molecule has 0 aromatic heterocycles. The average Bonchev–Trinajstić information content (AvgIpc) is 2.68. The Morgan fingerprint density at radius 3 is 2.21 bits per heavy atom. The number of nitro groups is 1. The van der Waals surface area contributed by atoms with Crippen LogP contribution in [0.4, 0.5) is 11.4 Å². The minimum Gasteiger partial charge on any atom is -0.423 e. The number of esters is 1. The standard InChI is InChI=1S/C20H21N3O5/c1-14-13-16(3-8-19(14)23(26)27)20(25)28-18-6-4-17(5-7-18)22-11-9-21(10-12-22)15(2)24/h3-8,13H,9-12H2,1-2H3. The molecule has 1 aliphatic rings. The van der Waals surface area contributed by atoms with Crippen LogP contribution in [0.5, 0.6) is 5.75 Å². The molecule has 1 fully saturated rings. The van der Waals surface area contributed by atoms with Crippen molar-refractivity contribution in [1.82, 2.24) is 4.90 Å². The number of ether oxygens (including phenoxy) is 1. The number of carbonyl (C=O) groups is 2. The molecule has 1 amide bonds. The van der Waals surface area contributed by atoms with Crippen molar-refractivity contribution >= 4 is 23.3 Å². The summed E-state index contributed by atoms with van der Waals surface area (Å²) in [5.41, 5.74) is 1.62. The fourth-order valence-electron chi connectivity index (χ4n) is 3.16. The molecule has 8 nitrogen and oxygen atoms in total. The maximum atomic E-state index is 12.3. The molecule has 1 heterocycles. The van der Waals surface area contributed by atoms with Crippen LogP contribution in [0.1, 0.15) is 22.8 Å². The average molecular weight is 383 g/mol. The zero-order chi connectivity index (χ0) is 20.3. The number of rotatable bonds is 4. The third-order valence-electron chi connectivity index (χ3n) is 4.77. The third kappa shape index (κ3) is 4.28. The summed E-state index contributed by atoms with van der Waals surface area (Å²) in [5, 5.41) is 10.9. The van der Waals surface area contributed by atoms with Crippen molar-refractivity contribution in [3.8, 4) is 5.75 Å². The van der Waals surface area contributed by atoms with Gasteiger partial charge in [-0.05, 0) is 43.3 Å². The van der Waals surface area contributed by atoms with E-state index in [9.17, 15) is 19.7 Å². The molecule has 0 radical (unpaired) electrons. The lowest BCUT2D eigenvalue weighted by molar-refractivity contribution is -0.385. The highest BCUT2D eigenvalue weighted by Crippen LogP contribution is 2.23. The van der Waals surface area contributed by atoms with Crippen LogP contribution in [0.2, 0.25) is 0 Å². The Hall–Kier alpha value is -3.42. The maximum Gasteiger partial charge on any atom is 0.343 e. The summed E-state index contributed by atoms with van der Waals surface area (Å²) in [6.07, 6.45) is 0. The van der Waals surface area contributed by atoms with Gasteiger partial charge in [-0.25, -0.2) is 4.79 Å². The molecule has 0 saturated carbocycles. The van der Waals surface area contributed by atoms with E-state index in [1.165, 1.54) is 18.2 Å². The lowest BCUT2D eigenvalue weighted by Crippen LogP contribution is -2.48. The van der Waals surface area contributed by atoms with Crippen LogP contribution < -0.4 is 9.64 Å². The summed E-state index contributed by atoms with van der Waals surface area (Å²) >= 11 is 0. The van der Waals surface area contributed by atoms with Gasteiger partial charge in [-0.3, -0.25) is 14.9 Å². The molecule has 8 heteroatoms. The topological polar surface area (TPSA) is 93.0 Å². The van der Waals surface area contributed by atoms with E-state index >= 15 is 0 Å². The van der Waals surface area contributed by atoms with Crippen LogP contribution in [0.15, 0.2) is 42.5 Å². The van der Waals surface area contributed by atoms with Crippen molar-refractivity contribution in [2.75, 3.05) is 31.1 Å². The molecular formula is C20H21N3O5. The molecule has 2 aromatic rings. The van der Waals surface area contributed by atoms with Gasteiger partial charge in [0.1, 0.15) is 5.75 Å². The van der Waals surface area contributed by atoms with Gasteiger partial charge in [-0.1, -0.05) is 0 Å². The summed E-state index contributed by atoms with van der Waals surface area (Å²) in [6, 6.07) is 11.3. The second-order valence-corrected chi connectivity index (χ2v) is 6.63. The Bertz CT molecular complexity index is 903. The van der Waals surface area contributed by atoms with Crippen molar-refractivity contribution < 1.29 is 19.2 Å². The number of piperazine rings is 1. The number of hydrogen-bond acceptors (Lipinski definition) is 6. The highest BCUT2D eigenvalue weighted by atomic mass is 16.6. The Morgan fingerprint density at radius 2 is 1.68 bits per heavy atom. The van der Waals surface area contributed by atoms with Gasteiger partial charge in [0.25, 0.3) is 5.69 Å². The molecule has 0 aliphatic carbocycles. The van der Waals surface area contributed by atoms with Crippen LogP contribution in [-0.2, 0) is 4.79 Å². The smallest absolute Gasteiger partial charge is 0.343 e. The second kappa shape index (κ2) is 8.08. The summed E-state index contributed by atoms with van der Waals surface area (Å²) in [6.45, 7) is 6.03. The Balaban J connectivity index is 1.63. The highest BCUT2D eigenvalue weighted by Gasteiger charge is 2.19. The predicted molar refractivity (Wildman–Crippen MR) is 104 cm³/mol. The summed E-state index contributed by atoms with van der Waals surface area (Å²) in [4.78, 5) is 38.1. The number of nitrogens with zero attached hydrogens (tertiary/aromatic N) is 3. The van der Waals surface area contributed by atoms with Gasteiger partial charge in [0, 0.05) is 50.4 Å². The zero-order valence-electron chi connectivity index (χ0n) is 15.8. The van der Waals surface area contributed by atoms with Crippen LogP contribution >= 0.6 is 0 Å².